The Morgan fingerprint density at radius 1 is 0.844 bits per heavy atom. The molecule has 32 heavy (non-hydrogen) atoms. The van der Waals surface area contributed by atoms with Crippen LogP contribution in [0, 0.1) is 0 Å². The zero-order valence-electron chi connectivity index (χ0n) is 19.0. The van der Waals surface area contributed by atoms with Gasteiger partial charge in [-0.05, 0) is 37.8 Å². The van der Waals surface area contributed by atoms with E-state index in [4.69, 9.17) is 20.3 Å². The van der Waals surface area contributed by atoms with Crippen molar-refractivity contribution in [2.75, 3.05) is 18.1 Å². The SMILES string of the molecule is NC(=O)CCCCOc1ccccc1NC(=O)CCCCCCCCCCCP(=O)(O)O. The minimum Gasteiger partial charge on any atom is -0.491 e. The Morgan fingerprint density at radius 2 is 1.41 bits per heavy atom. The predicted octanol–water partition coefficient (Wildman–Crippen LogP) is 4.74. The van der Waals surface area contributed by atoms with Crippen LogP contribution in [0.4, 0.5) is 5.69 Å². The van der Waals surface area contributed by atoms with Crippen LogP contribution < -0.4 is 15.8 Å². The van der Waals surface area contributed by atoms with E-state index < -0.39 is 7.60 Å². The van der Waals surface area contributed by atoms with Crippen molar-refractivity contribution >= 4 is 25.1 Å². The van der Waals surface area contributed by atoms with E-state index >= 15 is 0 Å². The molecule has 0 atom stereocenters. The second-order valence-corrected chi connectivity index (χ2v) is 9.91. The Morgan fingerprint density at radius 3 is 2.03 bits per heavy atom. The maximum Gasteiger partial charge on any atom is 0.325 e. The first-order chi connectivity index (χ1) is 15.3. The molecule has 8 nitrogen and oxygen atoms in total. The average Bonchev–Trinajstić information content (AvgIpc) is 2.72. The molecule has 0 radical (unpaired) electrons. The van der Waals surface area contributed by atoms with Gasteiger partial charge in [0.05, 0.1) is 12.3 Å². The molecule has 0 saturated heterocycles. The molecule has 2 amide bonds. The summed E-state index contributed by atoms with van der Waals surface area (Å²) < 4.78 is 16.5. The predicted molar refractivity (Wildman–Crippen MR) is 127 cm³/mol. The van der Waals surface area contributed by atoms with Crippen LogP contribution in [0.2, 0.25) is 0 Å². The first kappa shape index (κ1) is 28.1. The Labute approximate surface area is 191 Å². The fraction of sp³-hybridized carbons (Fsp3) is 0.652. The van der Waals surface area contributed by atoms with Gasteiger partial charge in [-0.2, -0.15) is 0 Å². The first-order valence-electron chi connectivity index (χ1n) is 11.6. The van der Waals surface area contributed by atoms with E-state index in [0.717, 1.165) is 57.8 Å². The Kier molecular flexibility index (Phi) is 14.7. The van der Waals surface area contributed by atoms with Crippen molar-refractivity contribution in [1.82, 2.24) is 0 Å². The third-order valence-corrected chi connectivity index (χ3v) is 5.99. The highest BCUT2D eigenvalue weighted by molar-refractivity contribution is 7.51. The molecular formula is C23H39N2O6P. The molecule has 0 heterocycles. The molecule has 0 aromatic heterocycles. The lowest BCUT2D eigenvalue weighted by molar-refractivity contribution is -0.118. The molecule has 0 saturated carbocycles. The molecule has 0 spiro atoms. The van der Waals surface area contributed by atoms with Crippen molar-refractivity contribution in [2.24, 2.45) is 5.73 Å². The summed E-state index contributed by atoms with van der Waals surface area (Å²) >= 11 is 0. The van der Waals surface area contributed by atoms with Crippen molar-refractivity contribution in [3.63, 3.8) is 0 Å². The number of primary amides is 1. The van der Waals surface area contributed by atoms with Gasteiger partial charge in [-0.25, -0.2) is 0 Å². The number of hydrogen-bond donors (Lipinski definition) is 4. The summed E-state index contributed by atoms with van der Waals surface area (Å²) in [6.45, 7) is 0.462. The molecule has 0 fully saturated rings. The number of rotatable bonds is 19. The molecule has 0 aliphatic heterocycles. The molecule has 9 heteroatoms. The van der Waals surface area contributed by atoms with Crippen LogP contribution in [0.5, 0.6) is 5.75 Å². The van der Waals surface area contributed by atoms with Crippen molar-refractivity contribution in [1.29, 1.82) is 0 Å². The zero-order valence-corrected chi connectivity index (χ0v) is 19.9. The molecule has 1 aromatic carbocycles. The number of carbonyl (C=O) groups excluding carboxylic acids is 2. The molecule has 5 N–H and O–H groups in total. The van der Waals surface area contributed by atoms with Crippen LogP contribution in [0.15, 0.2) is 24.3 Å². The van der Waals surface area contributed by atoms with Crippen LogP contribution in [-0.2, 0) is 14.2 Å². The second kappa shape index (κ2) is 16.7. The highest BCUT2D eigenvalue weighted by Crippen LogP contribution is 2.35. The molecule has 0 unspecified atom stereocenters. The number of carbonyl (C=O) groups is 2. The minimum absolute atomic E-state index is 0.0113. The standard InChI is InChI=1S/C23H39N2O6P/c24-22(26)16-11-12-18-31-21-15-10-9-14-20(21)25-23(27)17-8-6-4-2-1-3-5-7-13-19-32(28,29)30/h9-10,14-15H,1-8,11-13,16-19H2,(H2,24,26)(H,25,27)(H2,28,29,30). The van der Waals surface area contributed by atoms with Crippen molar-refractivity contribution in [3.8, 4) is 5.75 Å². The third-order valence-electron chi connectivity index (χ3n) is 5.09. The van der Waals surface area contributed by atoms with Gasteiger partial charge in [-0.3, -0.25) is 14.2 Å². The summed E-state index contributed by atoms with van der Waals surface area (Å²) in [6, 6.07) is 7.33. The second-order valence-electron chi connectivity index (χ2n) is 8.14. The summed E-state index contributed by atoms with van der Waals surface area (Å²) in [5.41, 5.74) is 5.78. The van der Waals surface area contributed by atoms with Gasteiger partial charge in [0.15, 0.2) is 0 Å². The van der Waals surface area contributed by atoms with Gasteiger partial charge in [0.25, 0.3) is 0 Å². The number of unbranched alkanes of at least 4 members (excludes halogenated alkanes) is 9. The number of nitrogens with one attached hydrogen (secondary N) is 1. The number of nitrogens with two attached hydrogens (primary N) is 1. The van der Waals surface area contributed by atoms with Gasteiger partial charge in [-0.15, -0.1) is 0 Å². The summed E-state index contributed by atoms with van der Waals surface area (Å²) in [4.78, 5) is 40.6. The number of anilines is 1. The van der Waals surface area contributed by atoms with Crippen LogP contribution in [0.25, 0.3) is 0 Å². The van der Waals surface area contributed by atoms with E-state index in [-0.39, 0.29) is 18.0 Å². The number of para-hydroxylation sites is 2. The Balaban J connectivity index is 2.09. The van der Waals surface area contributed by atoms with Gasteiger partial charge in [-0.1, -0.05) is 57.1 Å². The van der Waals surface area contributed by atoms with Crippen LogP contribution in [-0.4, -0.2) is 34.4 Å². The number of ether oxygens (including phenoxy) is 1. The Hall–Kier alpha value is -1.89. The monoisotopic (exact) mass is 470 g/mol. The normalized spacial score (nSPS) is 11.3. The van der Waals surface area contributed by atoms with Crippen LogP contribution in [0.1, 0.15) is 83.5 Å². The molecule has 1 aromatic rings. The lowest BCUT2D eigenvalue weighted by Crippen LogP contribution is -2.13. The van der Waals surface area contributed by atoms with Gasteiger partial charge < -0.3 is 25.6 Å². The highest BCUT2D eigenvalue weighted by Gasteiger charge is 2.11. The molecule has 0 aliphatic carbocycles. The molecule has 0 aliphatic rings. The van der Waals surface area contributed by atoms with E-state index in [1.165, 1.54) is 0 Å². The van der Waals surface area contributed by atoms with Gasteiger partial charge in [0.2, 0.25) is 11.8 Å². The number of amides is 2. The maximum absolute atomic E-state index is 12.2. The van der Waals surface area contributed by atoms with Crippen LogP contribution in [0.3, 0.4) is 0 Å². The van der Waals surface area contributed by atoms with Crippen molar-refractivity contribution in [3.05, 3.63) is 24.3 Å². The van der Waals surface area contributed by atoms with Crippen molar-refractivity contribution in [2.45, 2.75) is 83.5 Å². The van der Waals surface area contributed by atoms with Gasteiger partial charge in [0, 0.05) is 19.0 Å². The largest absolute Gasteiger partial charge is 0.491 e. The fourth-order valence-electron chi connectivity index (χ4n) is 3.33. The first-order valence-corrected chi connectivity index (χ1v) is 13.4. The number of hydrogen-bond acceptors (Lipinski definition) is 4. The average molecular weight is 471 g/mol. The Bertz CT molecular complexity index is 722. The van der Waals surface area contributed by atoms with E-state index in [1.54, 1.807) is 0 Å². The summed E-state index contributed by atoms with van der Waals surface area (Å²) in [6.07, 6.45) is 10.9. The van der Waals surface area contributed by atoms with Crippen LogP contribution >= 0.6 is 7.60 Å². The summed E-state index contributed by atoms with van der Waals surface area (Å²) in [7, 11) is -3.84. The summed E-state index contributed by atoms with van der Waals surface area (Å²) in [5.74, 6) is 0.286. The highest BCUT2D eigenvalue weighted by atomic mass is 31.2. The quantitative estimate of drug-likeness (QED) is 0.170. The van der Waals surface area contributed by atoms with Crippen molar-refractivity contribution < 1.29 is 28.7 Å². The fourth-order valence-corrected chi connectivity index (χ4v) is 3.97. The molecule has 182 valence electrons. The maximum atomic E-state index is 12.2. The van der Waals surface area contributed by atoms with E-state index in [2.05, 4.69) is 5.32 Å². The molecule has 0 bridgehead atoms. The van der Waals surface area contributed by atoms with E-state index in [1.807, 2.05) is 24.3 Å². The molecule has 1 rings (SSSR count). The summed E-state index contributed by atoms with van der Waals surface area (Å²) in [5, 5.41) is 2.92. The third kappa shape index (κ3) is 15.8. The minimum atomic E-state index is -3.84. The zero-order chi connectivity index (χ0) is 23.7. The number of benzene rings is 1. The lowest BCUT2D eigenvalue weighted by Gasteiger charge is -2.12. The lowest BCUT2D eigenvalue weighted by atomic mass is 10.1. The molecular weight excluding hydrogens is 431 g/mol. The topological polar surface area (TPSA) is 139 Å². The van der Waals surface area contributed by atoms with E-state index in [0.29, 0.717) is 43.7 Å². The van der Waals surface area contributed by atoms with E-state index in [9.17, 15) is 14.2 Å². The van der Waals surface area contributed by atoms with Gasteiger partial charge >= 0.3 is 7.60 Å². The van der Waals surface area contributed by atoms with Gasteiger partial charge in [0.1, 0.15) is 5.75 Å². The smallest absolute Gasteiger partial charge is 0.325 e.